The first-order valence-electron chi connectivity index (χ1n) is 4.54. The van der Waals surface area contributed by atoms with E-state index in [1.807, 2.05) is 0 Å². The van der Waals surface area contributed by atoms with Gasteiger partial charge in [0.25, 0.3) is 5.69 Å². The molecule has 0 saturated heterocycles. The van der Waals surface area contributed by atoms with Crippen LogP contribution >= 0.6 is 15.9 Å². The Kier molecular flexibility index (Phi) is 2.74. The summed E-state index contributed by atoms with van der Waals surface area (Å²) in [6.07, 6.45) is 0. The molecule has 2 rings (SSSR count). The van der Waals surface area contributed by atoms with Crippen molar-refractivity contribution >= 4 is 38.3 Å². The maximum absolute atomic E-state index is 10.7. The molecular formula is C10H8BrN3O2. The summed E-state index contributed by atoms with van der Waals surface area (Å²) in [6, 6.07) is 6.53. The Balaban J connectivity index is 2.71. The molecule has 1 heterocycles. The molecule has 1 N–H and O–H groups in total. The van der Waals surface area contributed by atoms with Crippen molar-refractivity contribution in [1.82, 2.24) is 4.98 Å². The van der Waals surface area contributed by atoms with Crippen LogP contribution in [0.4, 0.5) is 11.5 Å². The van der Waals surface area contributed by atoms with E-state index in [4.69, 9.17) is 0 Å². The molecule has 0 spiro atoms. The van der Waals surface area contributed by atoms with Gasteiger partial charge in [-0.1, -0.05) is 0 Å². The van der Waals surface area contributed by atoms with E-state index in [-0.39, 0.29) is 5.69 Å². The van der Waals surface area contributed by atoms with Gasteiger partial charge in [0.2, 0.25) is 0 Å². The molecule has 5 nitrogen and oxygen atoms in total. The highest BCUT2D eigenvalue weighted by atomic mass is 79.9. The molecule has 0 amide bonds. The number of aromatic nitrogens is 1. The van der Waals surface area contributed by atoms with Crippen LogP contribution in [0.1, 0.15) is 0 Å². The van der Waals surface area contributed by atoms with Crippen LogP contribution in [0, 0.1) is 10.1 Å². The van der Waals surface area contributed by atoms with Crippen molar-refractivity contribution in [3.63, 3.8) is 0 Å². The summed E-state index contributed by atoms with van der Waals surface area (Å²) in [6.45, 7) is 0. The molecule has 0 saturated carbocycles. The van der Waals surface area contributed by atoms with E-state index in [1.165, 1.54) is 12.1 Å². The molecule has 0 aliphatic rings. The second kappa shape index (κ2) is 4.05. The fourth-order valence-corrected chi connectivity index (χ4v) is 1.97. The third-order valence-electron chi connectivity index (χ3n) is 2.20. The van der Waals surface area contributed by atoms with Gasteiger partial charge in [0.15, 0.2) is 0 Å². The number of hydrogen-bond donors (Lipinski definition) is 1. The van der Waals surface area contributed by atoms with Crippen molar-refractivity contribution < 1.29 is 4.92 Å². The number of nitro groups is 1. The van der Waals surface area contributed by atoms with Gasteiger partial charge in [-0.3, -0.25) is 10.1 Å². The first-order chi connectivity index (χ1) is 7.61. The van der Waals surface area contributed by atoms with Gasteiger partial charge in [0.05, 0.1) is 14.9 Å². The standard InChI is InChI=1S/C10H8BrN3O2/c1-12-9-3-2-6-4-7(14(15)16)5-8(11)10(6)13-9/h2-5H,1H3,(H,12,13). The smallest absolute Gasteiger partial charge is 0.271 e. The van der Waals surface area contributed by atoms with Crippen LogP contribution in [0.3, 0.4) is 0 Å². The van der Waals surface area contributed by atoms with Gasteiger partial charge < -0.3 is 5.32 Å². The molecule has 0 aliphatic heterocycles. The highest BCUT2D eigenvalue weighted by molar-refractivity contribution is 9.10. The van der Waals surface area contributed by atoms with Crippen molar-refractivity contribution in [2.24, 2.45) is 0 Å². The van der Waals surface area contributed by atoms with Crippen molar-refractivity contribution in [3.05, 3.63) is 38.9 Å². The van der Waals surface area contributed by atoms with E-state index in [1.54, 1.807) is 19.2 Å². The predicted molar refractivity (Wildman–Crippen MR) is 65.6 cm³/mol. The van der Waals surface area contributed by atoms with Crippen LogP contribution in [0.5, 0.6) is 0 Å². The van der Waals surface area contributed by atoms with E-state index in [2.05, 4.69) is 26.2 Å². The topological polar surface area (TPSA) is 68.1 Å². The van der Waals surface area contributed by atoms with E-state index < -0.39 is 4.92 Å². The van der Waals surface area contributed by atoms with Crippen LogP contribution in [-0.2, 0) is 0 Å². The van der Waals surface area contributed by atoms with Gasteiger partial charge in [-0.15, -0.1) is 0 Å². The van der Waals surface area contributed by atoms with Gasteiger partial charge in [0, 0.05) is 24.6 Å². The van der Waals surface area contributed by atoms with Crippen molar-refractivity contribution in [2.75, 3.05) is 12.4 Å². The largest absolute Gasteiger partial charge is 0.373 e. The van der Waals surface area contributed by atoms with Crippen LogP contribution < -0.4 is 5.32 Å². The van der Waals surface area contributed by atoms with E-state index in [0.717, 1.165) is 11.2 Å². The Morgan fingerprint density at radius 3 is 2.81 bits per heavy atom. The molecule has 82 valence electrons. The van der Waals surface area contributed by atoms with Gasteiger partial charge in [-0.2, -0.15) is 0 Å². The average molecular weight is 282 g/mol. The molecule has 0 fully saturated rings. The van der Waals surface area contributed by atoms with Gasteiger partial charge >= 0.3 is 0 Å². The molecule has 0 radical (unpaired) electrons. The van der Waals surface area contributed by atoms with Crippen LogP contribution in [-0.4, -0.2) is 17.0 Å². The number of hydrogen-bond acceptors (Lipinski definition) is 4. The number of nitrogens with zero attached hydrogens (tertiary/aromatic N) is 2. The first kappa shape index (κ1) is 10.8. The molecular weight excluding hydrogens is 274 g/mol. The molecule has 16 heavy (non-hydrogen) atoms. The normalized spacial score (nSPS) is 10.4. The number of non-ortho nitro benzene ring substituents is 1. The van der Waals surface area contributed by atoms with Crippen LogP contribution in [0.25, 0.3) is 10.9 Å². The summed E-state index contributed by atoms with van der Waals surface area (Å²) in [4.78, 5) is 14.6. The molecule has 6 heteroatoms. The Morgan fingerprint density at radius 1 is 1.44 bits per heavy atom. The highest BCUT2D eigenvalue weighted by Crippen LogP contribution is 2.28. The second-order valence-corrected chi connectivity index (χ2v) is 4.06. The SMILES string of the molecule is CNc1ccc2cc([N+](=O)[O-])cc(Br)c2n1. The number of rotatable bonds is 2. The molecule has 0 bridgehead atoms. The number of pyridine rings is 1. The van der Waals surface area contributed by atoms with Crippen molar-refractivity contribution in [3.8, 4) is 0 Å². The van der Waals surface area contributed by atoms with Crippen LogP contribution in [0.15, 0.2) is 28.7 Å². The molecule has 1 aromatic carbocycles. The Hall–Kier alpha value is -1.69. The predicted octanol–water partition coefficient (Wildman–Crippen LogP) is 2.95. The summed E-state index contributed by atoms with van der Waals surface area (Å²) in [5, 5.41) is 14.3. The third kappa shape index (κ3) is 1.83. The number of anilines is 1. The monoisotopic (exact) mass is 281 g/mol. The van der Waals surface area contributed by atoms with Gasteiger partial charge in [-0.05, 0) is 28.1 Å². The Labute approximate surface area is 99.8 Å². The van der Waals surface area contributed by atoms with Crippen LogP contribution in [0.2, 0.25) is 0 Å². The van der Waals surface area contributed by atoms with Gasteiger partial charge in [-0.25, -0.2) is 4.98 Å². The summed E-state index contributed by atoms with van der Waals surface area (Å²) in [7, 11) is 1.77. The summed E-state index contributed by atoms with van der Waals surface area (Å²) in [5.41, 5.74) is 0.760. The zero-order valence-electron chi connectivity index (χ0n) is 8.40. The fraction of sp³-hybridized carbons (Fsp3) is 0.100. The maximum Gasteiger partial charge on any atom is 0.271 e. The first-order valence-corrected chi connectivity index (χ1v) is 5.33. The molecule has 0 atom stereocenters. The number of nitrogens with one attached hydrogen (secondary N) is 1. The fourth-order valence-electron chi connectivity index (χ4n) is 1.42. The van der Waals surface area contributed by atoms with E-state index in [0.29, 0.717) is 9.99 Å². The van der Waals surface area contributed by atoms with Crippen molar-refractivity contribution in [1.29, 1.82) is 0 Å². The zero-order chi connectivity index (χ0) is 11.7. The quantitative estimate of drug-likeness (QED) is 0.679. The lowest BCUT2D eigenvalue weighted by Crippen LogP contribution is -1.94. The minimum atomic E-state index is -0.420. The minimum absolute atomic E-state index is 0.0541. The van der Waals surface area contributed by atoms with E-state index >= 15 is 0 Å². The maximum atomic E-state index is 10.7. The van der Waals surface area contributed by atoms with Crippen molar-refractivity contribution in [2.45, 2.75) is 0 Å². The molecule has 1 aromatic heterocycles. The number of benzene rings is 1. The molecule has 0 unspecified atom stereocenters. The number of fused-ring (bicyclic) bond motifs is 1. The average Bonchev–Trinajstić information content (AvgIpc) is 2.28. The molecule has 0 aliphatic carbocycles. The van der Waals surface area contributed by atoms with E-state index in [9.17, 15) is 10.1 Å². The summed E-state index contributed by atoms with van der Waals surface area (Å²) in [5.74, 6) is 0.724. The zero-order valence-corrected chi connectivity index (χ0v) is 9.98. The number of nitro benzene ring substituents is 1. The number of halogens is 1. The summed E-state index contributed by atoms with van der Waals surface area (Å²) < 4.78 is 0.619. The Morgan fingerprint density at radius 2 is 2.19 bits per heavy atom. The highest BCUT2D eigenvalue weighted by Gasteiger charge is 2.11. The molecule has 2 aromatic rings. The lowest BCUT2D eigenvalue weighted by molar-refractivity contribution is -0.384. The minimum Gasteiger partial charge on any atom is -0.373 e. The lowest BCUT2D eigenvalue weighted by atomic mass is 10.2. The second-order valence-electron chi connectivity index (χ2n) is 3.20. The lowest BCUT2D eigenvalue weighted by Gasteiger charge is -2.03. The third-order valence-corrected chi connectivity index (χ3v) is 2.80. The summed E-state index contributed by atoms with van der Waals surface area (Å²) >= 11 is 3.28. The van der Waals surface area contributed by atoms with Gasteiger partial charge in [0.1, 0.15) is 5.82 Å². The Bertz CT molecular complexity index is 571.